The molecule has 6 nitrogen and oxygen atoms in total. The van der Waals surface area contributed by atoms with Crippen molar-refractivity contribution in [1.82, 2.24) is 9.97 Å². The van der Waals surface area contributed by atoms with Gasteiger partial charge in [-0.05, 0) is 12.8 Å². The van der Waals surface area contributed by atoms with Crippen molar-refractivity contribution >= 4 is 17.6 Å². The maximum atomic E-state index is 10.6. The highest BCUT2D eigenvalue weighted by molar-refractivity contribution is 5.72. The van der Waals surface area contributed by atoms with Gasteiger partial charge >= 0.3 is 5.97 Å². The lowest BCUT2D eigenvalue weighted by molar-refractivity contribution is -0.135. The summed E-state index contributed by atoms with van der Waals surface area (Å²) >= 11 is 0. The molecule has 1 heterocycles. The molecular weight excluding hydrogens is 232 g/mol. The maximum Gasteiger partial charge on any atom is 0.323 e. The summed E-state index contributed by atoms with van der Waals surface area (Å²) in [4.78, 5) is 20.6. The number of carboxylic acids is 1. The lowest BCUT2D eigenvalue weighted by Crippen LogP contribution is -2.26. The third-order valence-corrected chi connectivity index (χ3v) is 3.11. The van der Waals surface area contributed by atoms with Gasteiger partial charge in [0.15, 0.2) is 0 Å². The molecule has 1 fully saturated rings. The summed E-state index contributed by atoms with van der Waals surface area (Å²) in [5.41, 5.74) is 0. The van der Waals surface area contributed by atoms with Crippen LogP contribution in [0, 0.1) is 0 Å². The molecular formula is C12H18N4O2. The fraction of sp³-hybridized carbons (Fsp3) is 0.583. The average molecular weight is 250 g/mol. The first-order chi connectivity index (χ1) is 8.65. The molecule has 0 bridgehead atoms. The lowest BCUT2D eigenvalue weighted by Gasteiger charge is -2.16. The largest absolute Gasteiger partial charge is 0.480 e. The molecule has 1 aliphatic carbocycles. The molecule has 0 saturated heterocycles. The maximum absolute atomic E-state index is 10.6. The van der Waals surface area contributed by atoms with E-state index in [0.717, 1.165) is 5.82 Å². The molecule has 0 amide bonds. The van der Waals surface area contributed by atoms with Crippen molar-refractivity contribution in [2.45, 2.75) is 31.7 Å². The molecule has 18 heavy (non-hydrogen) atoms. The molecule has 0 unspecified atom stereocenters. The topological polar surface area (TPSA) is 78.4 Å². The summed E-state index contributed by atoms with van der Waals surface area (Å²) in [7, 11) is 1.68. The Labute approximate surface area is 106 Å². The number of nitrogens with one attached hydrogen (secondary N) is 1. The van der Waals surface area contributed by atoms with Crippen LogP contribution in [0.1, 0.15) is 25.7 Å². The molecule has 0 radical (unpaired) electrons. The third-order valence-electron chi connectivity index (χ3n) is 3.11. The van der Waals surface area contributed by atoms with Gasteiger partial charge in [-0.1, -0.05) is 12.8 Å². The first-order valence-electron chi connectivity index (χ1n) is 6.16. The molecule has 1 aromatic rings. The number of likely N-dealkylation sites (N-methyl/N-ethyl adjacent to an activating group) is 1. The summed E-state index contributed by atoms with van der Waals surface area (Å²) in [6, 6.07) is 0.502. The average Bonchev–Trinajstić information content (AvgIpc) is 2.82. The monoisotopic (exact) mass is 250 g/mol. The third kappa shape index (κ3) is 3.32. The second kappa shape index (κ2) is 5.66. The minimum Gasteiger partial charge on any atom is -0.480 e. The first-order valence-corrected chi connectivity index (χ1v) is 6.16. The van der Waals surface area contributed by atoms with Gasteiger partial charge < -0.3 is 15.3 Å². The van der Waals surface area contributed by atoms with Crippen LogP contribution in [0.15, 0.2) is 12.4 Å². The van der Waals surface area contributed by atoms with Crippen LogP contribution < -0.4 is 10.2 Å². The van der Waals surface area contributed by atoms with E-state index in [9.17, 15) is 4.79 Å². The number of nitrogens with zero attached hydrogens (tertiary/aromatic N) is 3. The number of aromatic nitrogens is 2. The highest BCUT2D eigenvalue weighted by atomic mass is 16.4. The molecule has 0 aromatic carbocycles. The Kier molecular flexibility index (Phi) is 3.96. The second-order valence-electron chi connectivity index (χ2n) is 4.64. The van der Waals surface area contributed by atoms with Crippen LogP contribution in [0.25, 0.3) is 0 Å². The molecule has 0 aliphatic heterocycles. The first kappa shape index (κ1) is 12.6. The smallest absolute Gasteiger partial charge is 0.323 e. The fourth-order valence-electron chi connectivity index (χ4n) is 2.16. The van der Waals surface area contributed by atoms with Gasteiger partial charge in [-0.2, -0.15) is 0 Å². The zero-order valence-corrected chi connectivity index (χ0v) is 10.5. The molecule has 0 spiro atoms. The van der Waals surface area contributed by atoms with Crippen LogP contribution in [0.5, 0.6) is 0 Å². The van der Waals surface area contributed by atoms with Gasteiger partial charge in [-0.15, -0.1) is 0 Å². The molecule has 2 rings (SSSR count). The van der Waals surface area contributed by atoms with Crippen LogP contribution in [-0.4, -0.2) is 40.7 Å². The number of hydrogen-bond acceptors (Lipinski definition) is 5. The van der Waals surface area contributed by atoms with Crippen molar-refractivity contribution in [3.05, 3.63) is 12.4 Å². The van der Waals surface area contributed by atoms with Crippen LogP contribution in [0.3, 0.4) is 0 Å². The van der Waals surface area contributed by atoms with Crippen LogP contribution >= 0.6 is 0 Å². The van der Waals surface area contributed by atoms with Crippen molar-refractivity contribution in [1.29, 1.82) is 0 Å². The molecule has 6 heteroatoms. The number of carboxylic acid groups (broad SMARTS) is 1. The van der Waals surface area contributed by atoms with Gasteiger partial charge in [-0.3, -0.25) is 4.79 Å². The molecule has 1 saturated carbocycles. The number of aliphatic carboxylic acids is 1. The van der Waals surface area contributed by atoms with Crippen molar-refractivity contribution in [3.8, 4) is 0 Å². The molecule has 98 valence electrons. The summed E-state index contributed by atoms with van der Waals surface area (Å²) < 4.78 is 0. The summed E-state index contributed by atoms with van der Waals surface area (Å²) in [5.74, 6) is 0.441. The number of rotatable bonds is 5. The van der Waals surface area contributed by atoms with Crippen LogP contribution in [0.2, 0.25) is 0 Å². The van der Waals surface area contributed by atoms with Gasteiger partial charge in [0.1, 0.15) is 18.2 Å². The highest BCUT2D eigenvalue weighted by Gasteiger charge is 2.15. The van der Waals surface area contributed by atoms with E-state index in [0.29, 0.717) is 11.9 Å². The standard InChI is InChI=1S/C12H18N4O2/c1-16(8-12(17)18)11-7-13-10(6-14-11)15-9-4-2-3-5-9/h6-7,9H,2-5,8H2,1H3,(H,13,15)(H,17,18). The zero-order valence-electron chi connectivity index (χ0n) is 10.5. The van der Waals surface area contributed by atoms with E-state index in [4.69, 9.17) is 5.11 Å². The van der Waals surface area contributed by atoms with Gasteiger partial charge in [0.05, 0.1) is 12.4 Å². The molecule has 1 aliphatic rings. The minimum atomic E-state index is -0.882. The zero-order chi connectivity index (χ0) is 13.0. The van der Waals surface area contributed by atoms with Crippen molar-refractivity contribution in [2.24, 2.45) is 0 Å². The van der Waals surface area contributed by atoms with E-state index in [1.165, 1.54) is 25.7 Å². The van der Waals surface area contributed by atoms with Gasteiger partial charge in [0.25, 0.3) is 0 Å². The normalized spacial score (nSPS) is 15.6. The molecule has 1 aromatic heterocycles. The predicted octanol–water partition coefficient (Wildman–Crippen LogP) is 1.35. The van der Waals surface area contributed by atoms with E-state index in [-0.39, 0.29) is 6.54 Å². The van der Waals surface area contributed by atoms with E-state index < -0.39 is 5.97 Å². The number of anilines is 2. The summed E-state index contributed by atoms with van der Waals surface area (Å²) in [6.45, 7) is -0.0793. The van der Waals surface area contributed by atoms with Gasteiger partial charge in [0, 0.05) is 13.1 Å². The Morgan fingerprint density at radius 1 is 1.44 bits per heavy atom. The van der Waals surface area contributed by atoms with Crippen LogP contribution in [-0.2, 0) is 4.79 Å². The van der Waals surface area contributed by atoms with E-state index in [1.807, 2.05) is 0 Å². The molecule has 0 atom stereocenters. The minimum absolute atomic E-state index is 0.0793. The van der Waals surface area contributed by atoms with Crippen molar-refractivity contribution < 1.29 is 9.90 Å². The Hall–Kier alpha value is -1.85. The fourth-order valence-corrected chi connectivity index (χ4v) is 2.16. The molecule has 2 N–H and O–H groups in total. The van der Waals surface area contributed by atoms with E-state index in [2.05, 4.69) is 15.3 Å². The quantitative estimate of drug-likeness (QED) is 0.821. The van der Waals surface area contributed by atoms with Crippen molar-refractivity contribution in [3.63, 3.8) is 0 Å². The Balaban J connectivity index is 1.94. The predicted molar refractivity (Wildman–Crippen MR) is 68.8 cm³/mol. The summed E-state index contributed by atoms with van der Waals surface area (Å²) in [5, 5.41) is 12.0. The second-order valence-corrected chi connectivity index (χ2v) is 4.64. The van der Waals surface area contributed by atoms with Crippen LogP contribution in [0.4, 0.5) is 11.6 Å². The lowest BCUT2D eigenvalue weighted by atomic mass is 10.2. The van der Waals surface area contributed by atoms with E-state index >= 15 is 0 Å². The highest BCUT2D eigenvalue weighted by Crippen LogP contribution is 2.21. The SMILES string of the molecule is CN(CC(=O)O)c1cnc(NC2CCCC2)cn1. The Bertz CT molecular complexity index is 401. The van der Waals surface area contributed by atoms with Gasteiger partial charge in [0.2, 0.25) is 0 Å². The summed E-state index contributed by atoms with van der Waals surface area (Å²) in [6.07, 6.45) is 8.16. The van der Waals surface area contributed by atoms with Gasteiger partial charge in [-0.25, -0.2) is 9.97 Å². The van der Waals surface area contributed by atoms with Crippen molar-refractivity contribution in [2.75, 3.05) is 23.8 Å². The Morgan fingerprint density at radius 2 is 2.17 bits per heavy atom. The van der Waals surface area contributed by atoms with E-state index in [1.54, 1.807) is 24.3 Å². The number of hydrogen-bond donors (Lipinski definition) is 2. The number of carbonyl (C=O) groups is 1. The Morgan fingerprint density at radius 3 is 2.72 bits per heavy atom.